The van der Waals surface area contributed by atoms with Crippen LogP contribution in [-0.4, -0.2) is 74.4 Å². The van der Waals surface area contributed by atoms with Crippen molar-refractivity contribution in [3.05, 3.63) is 77.9 Å². The highest BCUT2D eigenvalue weighted by molar-refractivity contribution is 7.89. The summed E-state index contributed by atoms with van der Waals surface area (Å²) < 4.78 is 37.6. The number of benzene rings is 2. The Labute approximate surface area is 217 Å². The molecule has 1 N–H and O–H groups in total. The second kappa shape index (κ2) is 12.2. The zero-order valence-electron chi connectivity index (χ0n) is 21.2. The first kappa shape index (κ1) is 28.1. The van der Waals surface area contributed by atoms with Crippen molar-refractivity contribution in [2.75, 3.05) is 40.0 Å². The quantitative estimate of drug-likeness (QED) is 0.195. The molecule has 10 heteroatoms. The van der Waals surface area contributed by atoms with Gasteiger partial charge in [-0.05, 0) is 42.0 Å². The van der Waals surface area contributed by atoms with Crippen molar-refractivity contribution >= 4 is 27.5 Å². The van der Waals surface area contributed by atoms with Crippen LogP contribution in [0.25, 0.3) is 5.76 Å². The van der Waals surface area contributed by atoms with Crippen molar-refractivity contribution in [3.8, 4) is 5.75 Å². The average molecular weight is 529 g/mol. The highest BCUT2D eigenvalue weighted by Crippen LogP contribution is 2.39. The summed E-state index contributed by atoms with van der Waals surface area (Å²) in [7, 11) is -2.20. The molecule has 1 unspecified atom stereocenters. The number of hydrogen-bond acceptors (Lipinski definition) is 7. The Morgan fingerprint density at radius 1 is 1.08 bits per heavy atom. The van der Waals surface area contributed by atoms with E-state index in [4.69, 9.17) is 9.47 Å². The van der Waals surface area contributed by atoms with Crippen molar-refractivity contribution in [3.63, 3.8) is 0 Å². The first-order chi connectivity index (χ1) is 17.7. The normalized spacial score (nSPS) is 17.4. The molecule has 0 aromatic heterocycles. The molecule has 0 saturated carbocycles. The summed E-state index contributed by atoms with van der Waals surface area (Å²) >= 11 is 0. The molecule has 1 heterocycles. The van der Waals surface area contributed by atoms with E-state index in [9.17, 15) is 23.1 Å². The minimum atomic E-state index is -3.69. The summed E-state index contributed by atoms with van der Waals surface area (Å²) in [5.41, 5.74) is 0.739. The van der Waals surface area contributed by atoms with Gasteiger partial charge in [0, 0.05) is 32.3 Å². The van der Waals surface area contributed by atoms with Crippen molar-refractivity contribution in [1.29, 1.82) is 0 Å². The van der Waals surface area contributed by atoms with Gasteiger partial charge in [0.05, 0.1) is 23.1 Å². The van der Waals surface area contributed by atoms with Crippen LogP contribution in [0.4, 0.5) is 0 Å². The van der Waals surface area contributed by atoms with Gasteiger partial charge >= 0.3 is 0 Å². The summed E-state index contributed by atoms with van der Waals surface area (Å²) in [6.07, 6.45) is 1.62. The van der Waals surface area contributed by atoms with Crippen LogP contribution in [-0.2, 0) is 24.3 Å². The number of carbonyl (C=O) groups excluding carboxylic acids is 2. The Bertz CT molecular complexity index is 1260. The zero-order valence-corrected chi connectivity index (χ0v) is 22.0. The SMILES string of the molecule is C=CCOc1ccc(C2/C(=C(\O)c3ccc(S(=O)(=O)N(CC)CC)cc3)C(=O)C(=O)N2CCOC)cc1. The number of nitrogens with zero attached hydrogens (tertiary/aromatic N) is 2. The molecule has 1 aliphatic heterocycles. The van der Waals surface area contributed by atoms with Gasteiger partial charge in [0.2, 0.25) is 10.0 Å². The summed E-state index contributed by atoms with van der Waals surface area (Å²) in [4.78, 5) is 27.4. The van der Waals surface area contributed by atoms with Gasteiger partial charge in [0.1, 0.15) is 18.1 Å². The molecule has 3 rings (SSSR count). The largest absolute Gasteiger partial charge is 0.507 e. The second-order valence-corrected chi connectivity index (χ2v) is 10.2. The van der Waals surface area contributed by atoms with Crippen molar-refractivity contribution < 1.29 is 32.6 Å². The molecule has 9 nitrogen and oxygen atoms in total. The number of likely N-dealkylation sites (tertiary alicyclic amines) is 1. The molecule has 1 amide bonds. The molecule has 1 saturated heterocycles. The maximum absolute atomic E-state index is 13.1. The Kier molecular flexibility index (Phi) is 9.25. The third-order valence-electron chi connectivity index (χ3n) is 6.11. The van der Waals surface area contributed by atoms with E-state index >= 15 is 0 Å². The van der Waals surface area contributed by atoms with E-state index < -0.39 is 27.8 Å². The topological polar surface area (TPSA) is 113 Å². The number of amides is 1. The minimum Gasteiger partial charge on any atom is -0.507 e. The standard InChI is InChI=1S/C27H32N2O7S/c1-5-17-36-21-12-8-19(9-13-21)24-23(26(31)27(32)29(24)16-18-35-4)25(30)20-10-14-22(15-11-20)37(33,34)28(6-2)7-3/h5,8-15,24,30H,1,6-7,16-18H2,2-4H3/b25-23+. The van der Waals surface area contributed by atoms with E-state index in [2.05, 4.69) is 6.58 Å². The molecule has 0 aliphatic carbocycles. The summed E-state index contributed by atoms with van der Waals surface area (Å²) in [5, 5.41) is 11.2. The number of ketones is 1. The van der Waals surface area contributed by atoms with Gasteiger partial charge in [-0.25, -0.2) is 8.42 Å². The Hall–Kier alpha value is -3.47. The molecule has 198 valence electrons. The average Bonchev–Trinajstić information content (AvgIpc) is 3.16. The first-order valence-electron chi connectivity index (χ1n) is 11.9. The number of ether oxygens (including phenoxy) is 2. The fraction of sp³-hybridized carbons (Fsp3) is 0.333. The highest BCUT2D eigenvalue weighted by Gasteiger charge is 2.45. The van der Waals surface area contributed by atoms with E-state index in [0.717, 1.165) is 0 Å². The maximum Gasteiger partial charge on any atom is 0.295 e. The van der Waals surface area contributed by atoms with Crippen LogP contribution >= 0.6 is 0 Å². The van der Waals surface area contributed by atoms with Gasteiger partial charge in [-0.3, -0.25) is 9.59 Å². The Morgan fingerprint density at radius 3 is 2.24 bits per heavy atom. The number of aliphatic hydroxyl groups is 1. The molecule has 1 fully saturated rings. The Morgan fingerprint density at radius 2 is 1.70 bits per heavy atom. The van der Waals surface area contributed by atoms with Gasteiger partial charge in [0.15, 0.2) is 0 Å². The molecule has 0 spiro atoms. The van der Waals surface area contributed by atoms with Gasteiger partial charge in [-0.2, -0.15) is 4.31 Å². The van der Waals surface area contributed by atoms with E-state index in [1.54, 1.807) is 44.2 Å². The van der Waals surface area contributed by atoms with Gasteiger partial charge in [0.25, 0.3) is 11.7 Å². The molecule has 1 atom stereocenters. The monoisotopic (exact) mass is 528 g/mol. The zero-order chi connectivity index (χ0) is 27.2. The number of rotatable bonds is 12. The lowest BCUT2D eigenvalue weighted by molar-refractivity contribution is -0.140. The van der Waals surface area contributed by atoms with Gasteiger partial charge in [-0.15, -0.1) is 0 Å². The first-order valence-corrected chi connectivity index (χ1v) is 13.4. The number of sulfonamides is 1. The molecular formula is C27H32N2O7S. The van der Waals surface area contributed by atoms with E-state index in [1.807, 2.05) is 0 Å². The molecule has 0 bridgehead atoms. The predicted octanol–water partition coefficient (Wildman–Crippen LogP) is 3.35. The van der Waals surface area contributed by atoms with Crippen LogP contribution in [0.15, 0.2) is 71.7 Å². The lowest BCUT2D eigenvalue weighted by Gasteiger charge is -2.25. The van der Waals surface area contributed by atoms with Gasteiger partial charge < -0.3 is 19.5 Å². The van der Waals surface area contributed by atoms with Crippen LogP contribution in [0, 0.1) is 0 Å². The van der Waals surface area contributed by atoms with Crippen LogP contribution in [0.2, 0.25) is 0 Å². The summed E-state index contributed by atoms with van der Waals surface area (Å²) in [6.45, 7) is 8.42. The number of carbonyl (C=O) groups is 2. The van der Waals surface area contributed by atoms with Crippen LogP contribution in [0.1, 0.15) is 31.0 Å². The maximum atomic E-state index is 13.1. The fourth-order valence-electron chi connectivity index (χ4n) is 4.20. The van der Waals surface area contributed by atoms with Crippen LogP contribution in [0.5, 0.6) is 5.75 Å². The van der Waals surface area contributed by atoms with Crippen molar-refractivity contribution in [1.82, 2.24) is 9.21 Å². The number of methoxy groups -OCH3 is 1. The van der Waals surface area contributed by atoms with Crippen LogP contribution in [0.3, 0.4) is 0 Å². The molecule has 37 heavy (non-hydrogen) atoms. The van der Waals surface area contributed by atoms with Crippen molar-refractivity contribution in [2.45, 2.75) is 24.8 Å². The fourth-order valence-corrected chi connectivity index (χ4v) is 5.66. The molecular weight excluding hydrogens is 496 g/mol. The minimum absolute atomic E-state index is 0.0694. The molecule has 1 aliphatic rings. The Balaban J connectivity index is 2.06. The summed E-state index contributed by atoms with van der Waals surface area (Å²) in [6, 6.07) is 11.6. The highest BCUT2D eigenvalue weighted by atomic mass is 32.2. The smallest absolute Gasteiger partial charge is 0.295 e. The molecule has 2 aromatic rings. The predicted molar refractivity (Wildman–Crippen MR) is 140 cm³/mol. The van der Waals surface area contributed by atoms with E-state index in [-0.39, 0.29) is 34.9 Å². The van der Waals surface area contributed by atoms with Crippen molar-refractivity contribution in [2.24, 2.45) is 0 Å². The lowest BCUT2D eigenvalue weighted by atomic mass is 9.95. The third-order valence-corrected chi connectivity index (χ3v) is 8.18. The number of aliphatic hydroxyl groups excluding tert-OH is 1. The molecule has 2 aromatic carbocycles. The van der Waals surface area contributed by atoms with E-state index in [0.29, 0.717) is 31.0 Å². The van der Waals surface area contributed by atoms with Crippen LogP contribution < -0.4 is 4.74 Å². The molecule has 0 radical (unpaired) electrons. The van der Waals surface area contributed by atoms with Gasteiger partial charge in [-0.1, -0.05) is 38.6 Å². The number of hydrogen-bond donors (Lipinski definition) is 1. The number of Topliss-reactive ketones (excluding diaryl/α,β-unsaturated/α-hetero) is 1. The lowest BCUT2D eigenvalue weighted by Crippen LogP contribution is -2.32. The third kappa shape index (κ3) is 5.76. The second-order valence-electron chi connectivity index (χ2n) is 8.27. The van der Waals surface area contributed by atoms with E-state index in [1.165, 1.54) is 40.6 Å². The summed E-state index contributed by atoms with van der Waals surface area (Å²) in [5.74, 6) is -1.38.